The molecule has 2 aromatic rings. The number of pyridine rings is 1. The lowest BCUT2D eigenvalue weighted by Crippen LogP contribution is -2.24. The van der Waals surface area contributed by atoms with Crippen molar-refractivity contribution in [2.75, 3.05) is 0 Å². The number of allylic oxidation sites excluding steroid dienone is 1. The van der Waals surface area contributed by atoms with Crippen molar-refractivity contribution >= 4 is 23.2 Å². The maximum atomic E-state index is 12.0. The first-order chi connectivity index (χ1) is 12.0. The second-order valence-electron chi connectivity index (χ2n) is 7.06. The molecule has 0 spiro atoms. The molecular weight excluding hydrogens is 355 g/mol. The van der Waals surface area contributed by atoms with Gasteiger partial charge >= 0.3 is 0 Å². The Labute approximate surface area is 157 Å². The van der Waals surface area contributed by atoms with Gasteiger partial charge in [-0.1, -0.05) is 35.3 Å². The Kier molecular flexibility index (Phi) is 4.17. The van der Waals surface area contributed by atoms with Crippen LogP contribution in [-0.2, 0) is 7.05 Å². The van der Waals surface area contributed by atoms with Crippen molar-refractivity contribution in [3.8, 4) is 0 Å². The first-order valence-corrected chi connectivity index (χ1v) is 9.30. The summed E-state index contributed by atoms with van der Waals surface area (Å²) in [5.74, 6) is 0.851. The standard InChI is InChI=1S/C20H20Cl2N2O/c1-11-17(12-5-7-15(21)8-6-12)19(23-18(11)13-3-4-13)14-9-16(22)20(25)24(2)10-14/h5-10,13,17,19,23H,3-4H2,1-2H3/t17-,19?/m0/s1. The minimum atomic E-state index is -0.168. The highest BCUT2D eigenvalue weighted by Crippen LogP contribution is 2.49. The first kappa shape index (κ1) is 16.7. The average Bonchev–Trinajstić information content (AvgIpc) is 3.36. The zero-order valence-corrected chi connectivity index (χ0v) is 15.7. The summed E-state index contributed by atoms with van der Waals surface area (Å²) in [4.78, 5) is 12.0. The molecule has 1 saturated carbocycles. The summed E-state index contributed by atoms with van der Waals surface area (Å²) in [6, 6.07) is 9.91. The zero-order valence-electron chi connectivity index (χ0n) is 14.2. The third kappa shape index (κ3) is 3.00. The molecule has 2 heterocycles. The second kappa shape index (κ2) is 6.22. The number of aryl methyl sites for hydroxylation is 1. The summed E-state index contributed by atoms with van der Waals surface area (Å²) < 4.78 is 1.56. The average molecular weight is 375 g/mol. The first-order valence-electron chi connectivity index (χ1n) is 8.54. The van der Waals surface area contributed by atoms with Gasteiger partial charge < -0.3 is 9.88 Å². The van der Waals surface area contributed by atoms with E-state index in [1.807, 2.05) is 18.3 Å². The van der Waals surface area contributed by atoms with E-state index >= 15 is 0 Å². The summed E-state index contributed by atoms with van der Waals surface area (Å²) >= 11 is 12.2. The number of nitrogens with one attached hydrogen (secondary N) is 1. The van der Waals surface area contributed by atoms with Crippen molar-refractivity contribution in [1.29, 1.82) is 0 Å². The Morgan fingerprint density at radius 3 is 2.40 bits per heavy atom. The van der Waals surface area contributed by atoms with Crippen LogP contribution in [0.2, 0.25) is 10.0 Å². The second-order valence-corrected chi connectivity index (χ2v) is 7.90. The lowest BCUT2D eigenvalue weighted by molar-refractivity contribution is 0.567. The van der Waals surface area contributed by atoms with E-state index in [-0.39, 0.29) is 22.5 Å². The van der Waals surface area contributed by atoms with Gasteiger partial charge in [-0.05, 0) is 60.6 Å². The lowest BCUT2D eigenvalue weighted by Gasteiger charge is -2.23. The van der Waals surface area contributed by atoms with E-state index in [4.69, 9.17) is 23.2 Å². The van der Waals surface area contributed by atoms with Crippen molar-refractivity contribution in [3.63, 3.8) is 0 Å². The van der Waals surface area contributed by atoms with Gasteiger partial charge in [-0.2, -0.15) is 0 Å². The van der Waals surface area contributed by atoms with Gasteiger partial charge in [0.05, 0.1) is 6.04 Å². The smallest absolute Gasteiger partial charge is 0.269 e. The molecule has 4 rings (SSSR count). The molecule has 1 N–H and O–H groups in total. The van der Waals surface area contributed by atoms with Crippen LogP contribution in [0.4, 0.5) is 0 Å². The number of hydrogen-bond donors (Lipinski definition) is 1. The van der Waals surface area contributed by atoms with Crippen LogP contribution in [0.25, 0.3) is 0 Å². The fraction of sp³-hybridized carbons (Fsp3) is 0.350. The Morgan fingerprint density at radius 1 is 1.12 bits per heavy atom. The number of hydrogen-bond acceptors (Lipinski definition) is 2. The topological polar surface area (TPSA) is 34.0 Å². The number of halogens is 2. The molecule has 1 aliphatic carbocycles. The third-order valence-corrected chi connectivity index (χ3v) is 5.79. The van der Waals surface area contributed by atoms with Gasteiger partial charge in [-0.15, -0.1) is 0 Å². The summed E-state index contributed by atoms with van der Waals surface area (Å²) in [7, 11) is 1.74. The van der Waals surface area contributed by atoms with E-state index in [9.17, 15) is 4.79 Å². The van der Waals surface area contributed by atoms with E-state index in [2.05, 4.69) is 24.4 Å². The molecule has 130 valence electrons. The quantitative estimate of drug-likeness (QED) is 0.836. The summed E-state index contributed by atoms with van der Waals surface area (Å²) in [6.45, 7) is 2.21. The Balaban J connectivity index is 1.80. The molecule has 5 heteroatoms. The van der Waals surface area contributed by atoms with Crippen molar-refractivity contribution in [2.45, 2.75) is 31.7 Å². The SMILES string of the molecule is CC1=C(C2CC2)NC(c2cc(Cl)c(=O)n(C)c2)[C@@H]1c1ccc(Cl)cc1. The molecule has 2 atom stereocenters. The molecule has 0 saturated heterocycles. The summed E-state index contributed by atoms with van der Waals surface area (Å²) in [5.41, 5.74) is 4.82. The molecular formula is C20H20Cl2N2O. The summed E-state index contributed by atoms with van der Waals surface area (Å²) in [5, 5.41) is 4.72. The Bertz CT molecular complexity index is 884. The highest BCUT2D eigenvalue weighted by molar-refractivity contribution is 6.30. The molecule has 0 radical (unpaired) electrons. The van der Waals surface area contributed by atoms with E-state index in [0.29, 0.717) is 5.92 Å². The van der Waals surface area contributed by atoms with Gasteiger partial charge in [0.2, 0.25) is 0 Å². The van der Waals surface area contributed by atoms with Gasteiger partial charge in [0.1, 0.15) is 5.02 Å². The van der Waals surface area contributed by atoms with Crippen LogP contribution in [0.5, 0.6) is 0 Å². The van der Waals surface area contributed by atoms with Gasteiger partial charge in [-0.25, -0.2) is 0 Å². The predicted molar refractivity (Wildman–Crippen MR) is 102 cm³/mol. The fourth-order valence-corrected chi connectivity index (χ4v) is 4.23. The fourth-order valence-electron chi connectivity index (χ4n) is 3.85. The monoisotopic (exact) mass is 374 g/mol. The Hall–Kier alpha value is -1.71. The van der Waals surface area contributed by atoms with Crippen LogP contribution >= 0.6 is 23.2 Å². The lowest BCUT2D eigenvalue weighted by atomic mass is 9.85. The Morgan fingerprint density at radius 2 is 1.80 bits per heavy atom. The molecule has 25 heavy (non-hydrogen) atoms. The molecule has 0 bridgehead atoms. The van der Waals surface area contributed by atoms with E-state index < -0.39 is 0 Å². The summed E-state index contributed by atoms with van der Waals surface area (Å²) in [6.07, 6.45) is 4.37. The van der Waals surface area contributed by atoms with Gasteiger partial charge in [0.25, 0.3) is 5.56 Å². The number of benzene rings is 1. The van der Waals surface area contributed by atoms with Crippen LogP contribution < -0.4 is 10.9 Å². The normalized spacial score (nSPS) is 23.0. The largest absolute Gasteiger partial charge is 0.380 e. The number of nitrogens with zero attached hydrogens (tertiary/aromatic N) is 1. The van der Waals surface area contributed by atoms with Crippen LogP contribution in [0.1, 0.15) is 42.9 Å². The molecule has 1 aliphatic heterocycles. The van der Waals surface area contributed by atoms with Crippen LogP contribution in [-0.4, -0.2) is 4.57 Å². The van der Waals surface area contributed by atoms with Gasteiger partial charge in [0, 0.05) is 29.9 Å². The van der Waals surface area contributed by atoms with E-state index in [1.54, 1.807) is 17.7 Å². The molecule has 3 nitrogen and oxygen atoms in total. The van der Waals surface area contributed by atoms with Gasteiger partial charge in [0.15, 0.2) is 0 Å². The van der Waals surface area contributed by atoms with Crippen molar-refractivity contribution in [2.24, 2.45) is 13.0 Å². The van der Waals surface area contributed by atoms with Crippen molar-refractivity contribution < 1.29 is 0 Å². The molecule has 1 unspecified atom stereocenters. The van der Waals surface area contributed by atoms with E-state index in [0.717, 1.165) is 10.6 Å². The molecule has 2 aliphatic rings. The minimum absolute atomic E-state index is 0.0704. The highest BCUT2D eigenvalue weighted by atomic mass is 35.5. The van der Waals surface area contributed by atoms with Crippen LogP contribution in [0.3, 0.4) is 0 Å². The maximum absolute atomic E-state index is 12.0. The highest BCUT2D eigenvalue weighted by Gasteiger charge is 2.40. The molecule has 1 fully saturated rings. The predicted octanol–water partition coefficient (Wildman–Crippen LogP) is 4.80. The van der Waals surface area contributed by atoms with Crippen LogP contribution in [0.15, 0.2) is 52.6 Å². The van der Waals surface area contributed by atoms with Crippen molar-refractivity contribution in [3.05, 3.63) is 79.3 Å². The molecule has 1 aromatic heterocycles. The molecule has 1 aromatic carbocycles. The molecule has 0 amide bonds. The number of rotatable bonds is 3. The van der Waals surface area contributed by atoms with Crippen molar-refractivity contribution in [1.82, 2.24) is 9.88 Å². The maximum Gasteiger partial charge on any atom is 0.269 e. The minimum Gasteiger partial charge on any atom is -0.380 e. The third-order valence-electron chi connectivity index (χ3n) is 5.27. The van der Waals surface area contributed by atoms with E-state index in [1.165, 1.54) is 29.7 Å². The van der Waals surface area contributed by atoms with Gasteiger partial charge in [-0.3, -0.25) is 4.79 Å². The number of aromatic nitrogens is 1. The van der Waals surface area contributed by atoms with Crippen LogP contribution in [0, 0.1) is 5.92 Å². The zero-order chi connectivity index (χ0) is 17.7.